The Balaban J connectivity index is 2.43. The monoisotopic (exact) mass is 202 g/mol. The predicted molar refractivity (Wildman–Crippen MR) is 53.6 cm³/mol. The van der Waals surface area contributed by atoms with E-state index in [1.807, 2.05) is 6.08 Å². The Morgan fingerprint density at radius 3 is 3.31 bits per heavy atom. The molecule has 1 aliphatic rings. The van der Waals surface area contributed by atoms with Crippen LogP contribution in [0, 0.1) is 0 Å². The van der Waals surface area contributed by atoms with Gasteiger partial charge in [-0.25, -0.2) is 4.79 Å². The smallest absolute Gasteiger partial charge is 0.411 e. The molecule has 0 spiro atoms. The largest absolute Gasteiger partial charge is 0.453 e. The van der Waals surface area contributed by atoms with Crippen LogP contribution in [0.1, 0.15) is 0 Å². The first-order valence-corrected chi connectivity index (χ1v) is 5.15. The molecular weight excluding hydrogens is 188 g/mol. The van der Waals surface area contributed by atoms with Crippen molar-refractivity contribution in [1.82, 2.24) is 10.2 Å². The van der Waals surface area contributed by atoms with Crippen molar-refractivity contribution in [3.8, 4) is 0 Å². The molecule has 0 saturated carbocycles. The minimum absolute atomic E-state index is 0.0328. The summed E-state index contributed by atoms with van der Waals surface area (Å²) in [6, 6.07) is 0. The van der Waals surface area contributed by atoms with Gasteiger partial charge in [-0.1, -0.05) is 6.08 Å². The van der Waals surface area contributed by atoms with E-state index in [1.165, 1.54) is 7.11 Å². The molecule has 74 valence electrons. The van der Waals surface area contributed by atoms with E-state index in [-0.39, 0.29) is 11.6 Å². The molecule has 0 aromatic rings. The van der Waals surface area contributed by atoms with Crippen molar-refractivity contribution in [3.05, 3.63) is 12.7 Å². The number of hydrogen-bond donors (Lipinski definition) is 1. The molecule has 0 aromatic carbocycles. The fraction of sp³-hybridized carbons (Fsp3) is 0.625. The molecule has 1 amide bonds. The molecule has 1 atom stereocenters. The molecular formula is C8H14N2O2S. The summed E-state index contributed by atoms with van der Waals surface area (Å²) >= 11 is 1.63. The van der Waals surface area contributed by atoms with Crippen LogP contribution in [0.5, 0.6) is 0 Å². The molecule has 0 radical (unpaired) electrons. The minimum Gasteiger partial charge on any atom is -0.453 e. The Hall–Kier alpha value is -0.680. The highest BCUT2D eigenvalue weighted by Crippen LogP contribution is 2.17. The quantitative estimate of drug-likeness (QED) is 0.689. The lowest BCUT2D eigenvalue weighted by Gasteiger charge is -2.21. The molecule has 4 nitrogen and oxygen atoms in total. The van der Waals surface area contributed by atoms with Gasteiger partial charge in [0.1, 0.15) is 5.50 Å². The number of nitrogens with one attached hydrogen (secondary N) is 1. The van der Waals surface area contributed by atoms with Crippen LogP contribution in [0.15, 0.2) is 12.7 Å². The minimum atomic E-state index is -0.272. The number of carbonyl (C=O) groups is 1. The topological polar surface area (TPSA) is 41.6 Å². The van der Waals surface area contributed by atoms with Gasteiger partial charge >= 0.3 is 6.09 Å². The molecule has 1 fully saturated rings. The number of carbonyl (C=O) groups excluding carboxylic acids is 1. The van der Waals surface area contributed by atoms with E-state index in [0.717, 1.165) is 12.3 Å². The molecule has 1 heterocycles. The van der Waals surface area contributed by atoms with Crippen molar-refractivity contribution in [2.45, 2.75) is 5.50 Å². The van der Waals surface area contributed by atoms with Crippen LogP contribution < -0.4 is 5.32 Å². The molecule has 0 aliphatic carbocycles. The van der Waals surface area contributed by atoms with E-state index in [1.54, 1.807) is 16.7 Å². The Morgan fingerprint density at radius 2 is 2.69 bits per heavy atom. The van der Waals surface area contributed by atoms with Crippen molar-refractivity contribution in [2.75, 3.05) is 26.0 Å². The average Bonchev–Trinajstić information content (AvgIpc) is 2.61. The van der Waals surface area contributed by atoms with Gasteiger partial charge in [0.15, 0.2) is 0 Å². The lowest BCUT2D eigenvalue weighted by molar-refractivity contribution is 0.129. The zero-order valence-electron chi connectivity index (χ0n) is 7.66. The molecule has 1 unspecified atom stereocenters. The molecule has 5 heteroatoms. The normalized spacial score (nSPS) is 21.6. The third-order valence-corrected chi connectivity index (χ3v) is 2.90. The highest BCUT2D eigenvalue weighted by molar-refractivity contribution is 7.99. The van der Waals surface area contributed by atoms with Crippen LogP contribution in [0.4, 0.5) is 4.79 Å². The summed E-state index contributed by atoms with van der Waals surface area (Å²) in [4.78, 5) is 12.9. The zero-order chi connectivity index (χ0) is 9.68. The number of thioether (sulfide) groups is 1. The maximum absolute atomic E-state index is 11.2. The Bertz CT molecular complexity index is 199. The second kappa shape index (κ2) is 5.14. The lowest BCUT2D eigenvalue weighted by atomic mass is 10.6. The number of ether oxygens (including phenoxy) is 1. The summed E-state index contributed by atoms with van der Waals surface area (Å²) in [6.07, 6.45) is 1.55. The SMILES string of the molecule is C=CCSC1NCCN1C(=O)OC. The number of nitrogens with zero attached hydrogens (tertiary/aromatic N) is 1. The zero-order valence-corrected chi connectivity index (χ0v) is 8.47. The summed E-state index contributed by atoms with van der Waals surface area (Å²) in [7, 11) is 1.40. The van der Waals surface area contributed by atoms with Crippen LogP contribution in [-0.2, 0) is 4.74 Å². The first-order valence-electron chi connectivity index (χ1n) is 4.10. The second-order valence-electron chi connectivity index (χ2n) is 2.59. The molecule has 13 heavy (non-hydrogen) atoms. The predicted octanol–water partition coefficient (Wildman–Crippen LogP) is 0.861. The Kier molecular flexibility index (Phi) is 4.11. The Labute approximate surface area is 82.3 Å². The number of hydrogen-bond acceptors (Lipinski definition) is 4. The van der Waals surface area contributed by atoms with Crippen LogP contribution >= 0.6 is 11.8 Å². The van der Waals surface area contributed by atoms with E-state index in [2.05, 4.69) is 16.6 Å². The molecule has 1 N–H and O–H groups in total. The van der Waals surface area contributed by atoms with E-state index in [4.69, 9.17) is 0 Å². The van der Waals surface area contributed by atoms with Crippen molar-refractivity contribution in [2.24, 2.45) is 0 Å². The third-order valence-electron chi connectivity index (χ3n) is 1.74. The summed E-state index contributed by atoms with van der Waals surface area (Å²) in [5, 5.41) is 3.20. The van der Waals surface area contributed by atoms with E-state index >= 15 is 0 Å². The van der Waals surface area contributed by atoms with E-state index < -0.39 is 0 Å². The first-order chi connectivity index (χ1) is 6.29. The summed E-state index contributed by atoms with van der Waals surface area (Å²) in [5.74, 6) is 0.825. The fourth-order valence-corrected chi connectivity index (χ4v) is 2.07. The molecule has 1 saturated heterocycles. The number of amides is 1. The molecule has 0 aromatic heterocycles. The summed E-state index contributed by atoms with van der Waals surface area (Å²) < 4.78 is 4.65. The van der Waals surface area contributed by atoms with Crippen molar-refractivity contribution in [1.29, 1.82) is 0 Å². The van der Waals surface area contributed by atoms with Crippen LogP contribution in [0.3, 0.4) is 0 Å². The first kappa shape index (κ1) is 10.4. The number of rotatable bonds is 3. The van der Waals surface area contributed by atoms with Gasteiger partial charge in [-0.2, -0.15) is 0 Å². The van der Waals surface area contributed by atoms with Crippen molar-refractivity contribution >= 4 is 17.9 Å². The molecule has 1 aliphatic heterocycles. The van der Waals surface area contributed by atoms with Crippen LogP contribution in [0.2, 0.25) is 0 Å². The van der Waals surface area contributed by atoms with E-state index in [0.29, 0.717) is 6.54 Å². The summed E-state index contributed by atoms with van der Waals surface area (Å²) in [6.45, 7) is 5.16. The van der Waals surface area contributed by atoms with Gasteiger partial charge in [-0.3, -0.25) is 10.2 Å². The van der Waals surface area contributed by atoms with Gasteiger partial charge in [0.05, 0.1) is 7.11 Å². The van der Waals surface area contributed by atoms with E-state index in [9.17, 15) is 4.79 Å². The highest BCUT2D eigenvalue weighted by atomic mass is 32.2. The summed E-state index contributed by atoms with van der Waals surface area (Å²) in [5.41, 5.74) is 0.0328. The average molecular weight is 202 g/mol. The highest BCUT2D eigenvalue weighted by Gasteiger charge is 2.28. The van der Waals surface area contributed by atoms with Crippen LogP contribution in [0.25, 0.3) is 0 Å². The van der Waals surface area contributed by atoms with Crippen LogP contribution in [-0.4, -0.2) is 42.4 Å². The fourth-order valence-electron chi connectivity index (χ4n) is 1.15. The lowest BCUT2D eigenvalue weighted by Crippen LogP contribution is -2.37. The van der Waals surface area contributed by atoms with Gasteiger partial charge in [0, 0.05) is 18.8 Å². The molecule has 0 bridgehead atoms. The van der Waals surface area contributed by atoms with Crippen molar-refractivity contribution in [3.63, 3.8) is 0 Å². The van der Waals surface area contributed by atoms with Gasteiger partial charge in [-0.05, 0) is 0 Å². The van der Waals surface area contributed by atoms with Gasteiger partial charge in [0.2, 0.25) is 0 Å². The maximum atomic E-state index is 11.2. The number of methoxy groups -OCH3 is 1. The van der Waals surface area contributed by atoms with Gasteiger partial charge in [0.25, 0.3) is 0 Å². The van der Waals surface area contributed by atoms with Gasteiger partial charge < -0.3 is 4.74 Å². The van der Waals surface area contributed by atoms with Gasteiger partial charge in [-0.15, -0.1) is 18.3 Å². The third kappa shape index (κ3) is 2.63. The maximum Gasteiger partial charge on any atom is 0.411 e. The molecule has 1 rings (SSSR count). The standard InChI is InChI=1S/C8H14N2O2S/c1-3-6-13-7-9-4-5-10(7)8(11)12-2/h3,7,9H,1,4-6H2,2H3. The second-order valence-corrected chi connectivity index (χ2v) is 3.71. The van der Waals surface area contributed by atoms with Crippen molar-refractivity contribution < 1.29 is 9.53 Å². The Morgan fingerprint density at radius 1 is 1.92 bits per heavy atom.